The highest BCUT2D eigenvalue weighted by molar-refractivity contribution is 7.39. The van der Waals surface area contributed by atoms with E-state index in [9.17, 15) is 0 Å². The maximum atomic E-state index is 2.78. The van der Waals surface area contributed by atoms with Crippen LogP contribution in [0.4, 0.5) is 0 Å². The maximum Gasteiger partial charge on any atom is 0.0337 e. The van der Waals surface area contributed by atoms with Gasteiger partial charge in [-0.05, 0) is 9.76 Å². The Morgan fingerprint density at radius 1 is 0.591 bits per heavy atom. The lowest BCUT2D eigenvalue weighted by Gasteiger charge is -2.26. The summed E-state index contributed by atoms with van der Waals surface area (Å²) >= 11 is 0. The van der Waals surface area contributed by atoms with Gasteiger partial charge in [0, 0.05) is 16.1 Å². The minimum Gasteiger partial charge on any atom is -0.0718 e. The van der Waals surface area contributed by atoms with Gasteiger partial charge in [-0.15, -0.1) is 0 Å². The molecule has 0 unspecified atom stereocenters. The van der Waals surface area contributed by atoms with Gasteiger partial charge >= 0.3 is 0 Å². The molecule has 0 aromatic rings. The lowest BCUT2D eigenvalue weighted by Crippen LogP contribution is -2.38. The van der Waals surface area contributed by atoms with E-state index in [1.807, 2.05) is 0 Å². The maximum absolute atomic E-state index is 2.78. The lowest BCUT2D eigenvalue weighted by molar-refractivity contribution is 0.596. The summed E-state index contributed by atoms with van der Waals surface area (Å²) in [6, 6.07) is 3.40. The van der Waals surface area contributed by atoms with E-state index in [-0.39, 0.29) is 0 Å². The van der Waals surface area contributed by atoms with Crippen molar-refractivity contribution in [2.24, 2.45) is 0 Å². The van der Waals surface area contributed by atoms with Crippen LogP contribution in [0.3, 0.4) is 0 Å². The predicted octanol–water partition coefficient (Wildman–Crippen LogP) is 5.51. The molecule has 0 spiro atoms. The Morgan fingerprint density at radius 3 is 1.23 bits per heavy atom. The third-order valence-corrected chi connectivity index (χ3v) is 33.1. The van der Waals surface area contributed by atoms with Crippen molar-refractivity contribution in [1.82, 2.24) is 0 Å². The van der Waals surface area contributed by atoms with Crippen LogP contribution in [0.2, 0.25) is 18.6 Å². The second kappa shape index (κ2) is 16.5. The molecular formula is C19H46Si3. The topological polar surface area (TPSA) is 0 Å². The molecule has 0 aliphatic rings. The van der Waals surface area contributed by atoms with Crippen molar-refractivity contribution in [2.75, 3.05) is 0 Å². The fourth-order valence-corrected chi connectivity index (χ4v) is 16.6. The summed E-state index contributed by atoms with van der Waals surface area (Å²) in [5.41, 5.74) is 0. The van der Waals surface area contributed by atoms with E-state index in [0.717, 1.165) is 0 Å². The summed E-state index contributed by atoms with van der Waals surface area (Å²) in [5, 5.41) is 0. The van der Waals surface area contributed by atoms with Crippen LogP contribution in [0.15, 0.2) is 0 Å². The quantitative estimate of drug-likeness (QED) is 0.237. The first kappa shape index (κ1) is 22.7. The SMILES string of the molecule is CCCCCCCCC[Si](C)(CCCCCCCCC)[SiH2][SiH3]. The minimum atomic E-state index is -0.674. The predicted molar refractivity (Wildman–Crippen MR) is 116 cm³/mol. The summed E-state index contributed by atoms with van der Waals surface area (Å²) in [5.74, 6) is 0. The van der Waals surface area contributed by atoms with Gasteiger partial charge in [-0.1, -0.05) is 122 Å². The molecule has 0 nitrogen and oxygen atoms in total. The van der Waals surface area contributed by atoms with Crippen LogP contribution in [0, 0.1) is 0 Å². The van der Waals surface area contributed by atoms with Gasteiger partial charge in [0.25, 0.3) is 0 Å². The Kier molecular flexibility index (Phi) is 17.0. The number of unbranched alkanes of at least 4 members (excludes halogenated alkanes) is 12. The van der Waals surface area contributed by atoms with Gasteiger partial charge < -0.3 is 0 Å². The zero-order valence-electron chi connectivity index (χ0n) is 16.5. The van der Waals surface area contributed by atoms with Crippen molar-refractivity contribution in [2.45, 2.75) is 122 Å². The van der Waals surface area contributed by atoms with E-state index in [0.29, 0.717) is 8.55 Å². The number of hydrogen-bond acceptors (Lipinski definition) is 0. The fraction of sp³-hybridized carbons (Fsp3) is 1.00. The van der Waals surface area contributed by atoms with Gasteiger partial charge in [0.05, 0.1) is 0 Å². The zero-order valence-corrected chi connectivity index (χ0v) is 20.9. The molecule has 0 aliphatic carbocycles. The second-order valence-electron chi connectivity index (χ2n) is 7.91. The van der Waals surface area contributed by atoms with E-state index in [2.05, 4.69) is 20.4 Å². The molecule has 0 amide bonds. The van der Waals surface area contributed by atoms with Gasteiger partial charge in [-0.3, -0.25) is 0 Å². The van der Waals surface area contributed by atoms with Crippen molar-refractivity contribution < 1.29 is 0 Å². The molecule has 0 fully saturated rings. The highest BCUT2D eigenvalue weighted by Gasteiger charge is 2.23. The van der Waals surface area contributed by atoms with Crippen LogP contribution in [-0.4, -0.2) is 25.9 Å². The first-order chi connectivity index (χ1) is 10.7. The molecule has 0 aromatic carbocycles. The van der Waals surface area contributed by atoms with Crippen molar-refractivity contribution >= 4 is 25.9 Å². The van der Waals surface area contributed by atoms with Crippen LogP contribution in [0.1, 0.15) is 104 Å². The molecule has 0 aliphatic heterocycles. The Hall–Kier alpha value is 0.651. The van der Waals surface area contributed by atoms with Crippen LogP contribution >= 0.6 is 0 Å². The Labute approximate surface area is 148 Å². The highest BCUT2D eigenvalue weighted by Crippen LogP contribution is 2.22. The minimum absolute atomic E-state index is 0.414. The second-order valence-corrected chi connectivity index (χ2v) is 26.8. The van der Waals surface area contributed by atoms with Crippen molar-refractivity contribution in [3.05, 3.63) is 0 Å². The van der Waals surface area contributed by atoms with Crippen LogP contribution < -0.4 is 0 Å². The average molecular weight is 359 g/mol. The monoisotopic (exact) mass is 358 g/mol. The van der Waals surface area contributed by atoms with Crippen LogP contribution in [-0.2, 0) is 0 Å². The Morgan fingerprint density at radius 2 is 0.909 bits per heavy atom. The molecule has 0 heterocycles. The molecular weight excluding hydrogens is 312 g/mol. The first-order valence-corrected chi connectivity index (χ1v) is 21.6. The van der Waals surface area contributed by atoms with Gasteiger partial charge in [-0.25, -0.2) is 0 Å². The van der Waals surface area contributed by atoms with Gasteiger partial charge in [0.1, 0.15) is 0 Å². The molecule has 0 bridgehead atoms. The molecule has 0 rings (SSSR count). The molecule has 0 saturated heterocycles. The van der Waals surface area contributed by atoms with Crippen LogP contribution in [0.5, 0.6) is 0 Å². The van der Waals surface area contributed by atoms with Crippen molar-refractivity contribution in [3.63, 3.8) is 0 Å². The van der Waals surface area contributed by atoms with E-state index >= 15 is 0 Å². The molecule has 0 radical (unpaired) electrons. The summed E-state index contributed by atoms with van der Waals surface area (Å²) in [6.45, 7) is 7.41. The van der Waals surface area contributed by atoms with Crippen molar-refractivity contribution in [1.29, 1.82) is 0 Å². The smallest absolute Gasteiger partial charge is 0.0337 e. The summed E-state index contributed by atoms with van der Waals surface area (Å²) in [4.78, 5) is 0. The normalized spacial score (nSPS) is 12.7. The lowest BCUT2D eigenvalue weighted by atomic mass is 10.1. The third kappa shape index (κ3) is 14.3. The Bertz CT molecular complexity index is 201. The third-order valence-electron chi connectivity index (χ3n) is 5.62. The van der Waals surface area contributed by atoms with Crippen molar-refractivity contribution in [3.8, 4) is 0 Å². The molecule has 0 aromatic heterocycles. The Balaban J connectivity index is 3.54. The largest absolute Gasteiger partial charge is 0.0718 e. The molecule has 0 N–H and O–H groups in total. The highest BCUT2D eigenvalue weighted by atomic mass is 29.5. The number of rotatable bonds is 17. The molecule has 22 heavy (non-hydrogen) atoms. The first-order valence-electron chi connectivity index (χ1n) is 10.7. The van der Waals surface area contributed by atoms with Crippen LogP contribution in [0.25, 0.3) is 0 Å². The van der Waals surface area contributed by atoms with E-state index < -0.39 is 7.59 Å². The number of hydrogen-bond donors (Lipinski definition) is 0. The molecule has 134 valence electrons. The molecule has 3 heteroatoms. The summed E-state index contributed by atoms with van der Waals surface area (Å²) < 4.78 is 0. The van der Waals surface area contributed by atoms with Gasteiger partial charge in [-0.2, -0.15) is 0 Å². The van der Waals surface area contributed by atoms with E-state index in [1.54, 1.807) is 47.5 Å². The van der Waals surface area contributed by atoms with Gasteiger partial charge in [0.15, 0.2) is 0 Å². The summed E-state index contributed by atoms with van der Waals surface area (Å²) in [6.07, 6.45) is 20.9. The van der Waals surface area contributed by atoms with E-state index in [1.165, 1.54) is 64.2 Å². The molecule has 0 saturated carbocycles. The average Bonchev–Trinajstić information content (AvgIpc) is 2.53. The molecule has 0 atom stereocenters. The summed E-state index contributed by atoms with van der Waals surface area (Å²) in [7, 11) is 1.33. The zero-order chi connectivity index (χ0) is 16.5. The van der Waals surface area contributed by atoms with E-state index in [4.69, 9.17) is 0 Å². The fourth-order valence-electron chi connectivity index (χ4n) is 3.50. The van der Waals surface area contributed by atoms with Gasteiger partial charge in [0.2, 0.25) is 0 Å². The standard InChI is InChI=1S/C19H46Si3/c1-4-6-8-10-12-14-16-18-22(3,21-20)19-17-15-13-11-9-7-5-2/h4-19,21H2,1-3,20H3.